The zero-order valence-corrected chi connectivity index (χ0v) is 15.9. The molecule has 28 heavy (non-hydrogen) atoms. The molecule has 0 saturated carbocycles. The van der Waals surface area contributed by atoms with Crippen LogP contribution >= 0.6 is 0 Å². The van der Waals surface area contributed by atoms with Crippen molar-refractivity contribution in [1.29, 1.82) is 0 Å². The lowest BCUT2D eigenvalue weighted by Gasteiger charge is -2.34. The number of hydrogen-bond donors (Lipinski definition) is 2. The molecule has 0 aromatic heterocycles. The first-order valence-corrected chi connectivity index (χ1v) is 8.99. The van der Waals surface area contributed by atoms with Crippen molar-refractivity contribution in [3.63, 3.8) is 0 Å². The number of rotatable bonds is 4. The Morgan fingerprint density at radius 1 is 0.964 bits per heavy atom. The summed E-state index contributed by atoms with van der Waals surface area (Å²) in [5.74, 6) is -0.000965. The van der Waals surface area contributed by atoms with E-state index in [0.29, 0.717) is 30.3 Å². The summed E-state index contributed by atoms with van der Waals surface area (Å²) in [6, 6.07) is 6.72. The van der Waals surface area contributed by atoms with Gasteiger partial charge in [-0.3, -0.25) is 4.79 Å². The Kier molecular flexibility index (Phi) is 4.45. The fourth-order valence-corrected chi connectivity index (χ4v) is 4.42. The van der Waals surface area contributed by atoms with Gasteiger partial charge < -0.3 is 29.2 Å². The molecule has 2 aliphatic rings. The molecule has 2 aromatic rings. The zero-order chi connectivity index (χ0) is 20.0. The predicted octanol–water partition coefficient (Wildman–Crippen LogP) is 2.60. The van der Waals surface area contributed by atoms with Gasteiger partial charge in [-0.1, -0.05) is 0 Å². The maximum atomic E-state index is 12.6. The van der Waals surface area contributed by atoms with E-state index in [9.17, 15) is 15.0 Å². The van der Waals surface area contributed by atoms with E-state index in [1.54, 1.807) is 6.07 Å². The van der Waals surface area contributed by atoms with Crippen LogP contribution in [0, 0.1) is 11.8 Å². The quantitative estimate of drug-likeness (QED) is 0.616. The largest absolute Gasteiger partial charge is 0.504 e. The minimum absolute atomic E-state index is 0.00645. The van der Waals surface area contributed by atoms with Crippen molar-refractivity contribution in [3.05, 3.63) is 41.0 Å². The van der Waals surface area contributed by atoms with E-state index in [-0.39, 0.29) is 35.2 Å². The maximum Gasteiger partial charge on any atom is 0.310 e. The smallest absolute Gasteiger partial charge is 0.310 e. The van der Waals surface area contributed by atoms with Gasteiger partial charge in [-0.15, -0.1) is 0 Å². The lowest BCUT2D eigenvalue weighted by molar-refractivity contribution is -0.141. The number of carbonyl (C=O) groups excluding carboxylic acids is 1. The standard InChI is InChI=1S/C21H22O7/c1-25-16-6-11(7-17(26-2)20(16)27-3)18-13-8-15(23)14(22)5-10(13)4-12-9-28-21(24)19(12)18/h5-8,12,18-19,22-23H,4,9H2,1-3H3/t12-,18+,19-/m0/s1. The van der Waals surface area contributed by atoms with Crippen molar-refractivity contribution in [1.82, 2.24) is 0 Å². The number of phenols is 2. The topological polar surface area (TPSA) is 94.5 Å². The van der Waals surface area contributed by atoms with Gasteiger partial charge >= 0.3 is 5.97 Å². The third-order valence-electron chi connectivity index (χ3n) is 5.68. The molecule has 7 nitrogen and oxygen atoms in total. The highest BCUT2D eigenvalue weighted by Gasteiger charge is 2.48. The minimum Gasteiger partial charge on any atom is -0.504 e. The molecule has 1 aliphatic carbocycles. The summed E-state index contributed by atoms with van der Waals surface area (Å²) in [6.07, 6.45) is 0.598. The van der Waals surface area contributed by atoms with Crippen LogP contribution in [0.5, 0.6) is 28.7 Å². The van der Waals surface area contributed by atoms with Gasteiger partial charge in [0.2, 0.25) is 5.75 Å². The number of cyclic esters (lactones) is 1. The molecule has 1 heterocycles. The van der Waals surface area contributed by atoms with E-state index in [0.717, 1.165) is 16.7 Å². The predicted molar refractivity (Wildman–Crippen MR) is 99.4 cm³/mol. The van der Waals surface area contributed by atoms with E-state index in [1.165, 1.54) is 27.4 Å². The van der Waals surface area contributed by atoms with Crippen LogP contribution in [-0.4, -0.2) is 44.1 Å². The number of fused-ring (bicyclic) bond motifs is 2. The lowest BCUT2D eigenvalue weighted by atomic mass is 9.67. The van der Waals surface area contributed by atoms with Crippen molar-refractivity contribution in [2.24, 2.45) is 11.8 Å². The summed E-state index contributed by atoms with van der Waals surface area (Å²) >= 11 is 0. The summed E-state index contributed by atoms with van der Waals surface area (Å²) < 4.78 is 21.7. The molecule has 148 valence electrons. The van der Waals surface area contributed by atoms with Crippen molar-refractivity contribution >= 4 is 5.97 Å². The summed E-state index contributed by atoms with van der Waals surface area (Å²) in [4.78, 5) is 12.6. The zero-order valence-electron chi connectivity index (χ0n) is 15.9. The second-order valence-corrected chi connectivity index (χ2v) is 7.10. The van der Waals surface area contributed by atoms with Crippen LogP contribution in [0.15, 0.2) is 24.3 Å². The molecule has 3 atom stereocenters. The first kappa shape index (κ1) is 18.3. The third-order valence-corrected chi connectivity index (χ3v) is 5.68. The van der Waals surface area contributed by atoms with Crippen LogP contribution in [0.1, 0.15) is 22.6 Å². The van der Waals surface area contributed by atoms with Crippen molar-refractivity contribution < 1.29 is 34.0 Å². The molecule has 1 aliphatic heterocycles. The van der Waals surface area contributed by atoms with E-state index in [1.807, 2.05) is 12.1 Å². The summed E-state index contributed by atoms with van der Waals surface area (Å²) in [5.41, 5.74) is 2.45. The Balaban J connectivity index is 1.94. The van der Waals surface area contributed by atoms with E-state index < -0.39 is 0 Å². The van der Waals surface area contributed by atoms with Crippen LogP contribution in [0.2, 0.25) is 0 Å². The molecule has 0 amide bonds. The summed E-state index contributed by atoms with van der Waals surface area (Å²) in [6.45, 7) is 0.339. The third kappa shape index (κ3) is 2.69. The van der Waals surface area contributed by atoms with Gasteiger partial charge in [0, 0.05) is 11.8 Å². The molecule has 7 heteroatoms. The van der Waals surface area contributed by atoms with Crippen LogP contribution in [0.3, 0.4) is 0 Å². The fourth-order valence-electron chi connectivity index (χ4n) is 4.42. The molecular weight excluding hydrogens is 364 g/mol. The molecular formula is C21H22O7. The van der Waals surface area contributed by atoms with Crippen molar-refractivity contribution in [3.8, 4) is 28.7 Å². The molecule has 1 fully saturated rings. The average molecular weight is 386 g/mol. The number of phenolic OH excluding ortho intramolecular Hbond substituents is 2. The Bertz CT molecular complexity index is 912. The van der Waals surface area contributed by atoms with Crippen LogP contribution < -0.4 is 14.2 Å². The number of aromatic hydroxyl groups is 2. The van der Waals surface area contributed by atoms with Crippen LogP contribution in [0.25, 0.3) is 0 Å². The van der Waals surface area contributed by atoms with Gasteiger partial charge in [-0.2, -0.15) is 0 Å². The van der Waals surface area contributed by atoms with Crippen LogP contribution in [-0.2, 0) is 16.0 Å². The SMILES string of the molecule is COc1cc([C@@H]2c3cc(O)c(O)cc3C[C@H]3COC(=O)[C@@H]32)cc(OC)c1OC. The van der Waals surface area contributed by atoms with Gasteiger partial charge in [0.1, 0.15) is 0 Å². The highest BCUT2D eigenvalue weighted by atomic mass is 16.5. The van der Waals surface area contributed by atoms with Gasteiger partial charge in [-0.05, 0) is 47.4 Å². The highest BCUT2D eigenvalue weighted by molar-refractivity contribution is 5.78. The monoisotopic (exact) mass is 386 g/mol. The van der Waals surface area contributed by atoms with Gasteiger partial charge in [0.05, 0.1) is 33.9 Å². The lowest BCUT2D eigenvalue weighted by Crippen LogP contribution is -2.31. The average Bonchev–Trinajstić information content (AvgIpc) is 3.06. The molecule has 4 rings (SSSR count). The first-order chi connectivity index (χ1) is 13.5. The van der Waals surface area contributed by atoms with Gasteiger partial charge in [-0.25, -0.2) is 0 Å². The maximum absolute atomic E-state index is 12.6. The Morgan fingerprint density at radius 2 is 1.61 bits per heavy atom. The van der Waals surface area contributed by atoms with Gasteiger partial charge in [0.15, 0.2) is 23.0 Å². The molecule has 2 N–H and O–H groups in total. The molecule has 1 saturated heterocycles. The number of carbonyl (C=O) groups is 1. The highest BCUT2D eigenvalue weighted by Crippen LogP contribution is 2.51. The van der Waals surface area contributed by atoms with E-state index >= 15 is 0 Å². The Morgan fingerprint density at radius 3 is 2.21 bits per heavy atom. The number of esters is 1. The molecule has 0 radical (unpaired) electrons. The number of ether oxygens (including phenoxy) is 4. The first-order valence-electron chi connectivity index (χ1n) is 8.99. The Labute approximate surface area is 162 Å². The second-order valence-electron chi connectivity index (χ2n) is 7.10. The summed E-state index contributed by atoms with van der Waals surface area (Å²) in [7, 11) is 4.60. The molecule has 0 spiro atoms. The van der Waals surface area contributed by atoms with Crippen molar-refractivity contribution in [2.75, 3.05) is 27.9 Å². The Hall–Kier alpha value is -3.09. The number of benzene rings is 2. The molecule has 0 bridgehead atoms. The second kappa shape index (κ2) is 6.82. The number of hydrogen-bond acceptors (Lipinski definition) is 7. The minimum atomic E-state index is -0.390. The normalized spacial score (nSPS) is 22.8. The fraction of sp³-hybridized carbons (Fsp3) is 0.381. The van der Waals surface area contributed by atoms with Crippen LogP contribution in [0.4, 0.5) is 0 Å². The van der Waals surface area contributed by atoms with Gasteiger partial charge in [0.25, 0.3) is 0 Å². The van der Waals surface area contributed by atoms with Crippen molar-refractivity contribution in [2.45, 2.75) is 12.3 Å². The molecule has 0 unspecified atom stereocenters. The van der Waals surface area contributed by atoms with E-state index in [2.05, 4.69) is 0 Å². The summed E-state index contributed by atoms with van der Waals surface area (Å²) in [5, 5.41) is 20.0. The van der Waals surface area contributed by atoms with E-state index in [4.69, 9.17) is 18.9 Å². The molecule has 2 aromatic carbocycles. The number of methoxy groups -OCH3 is 3.